The number of alkyl halides is 6. The summed E-state index contributed by atoms with van der Waals surface area (Å²) in [6.07, 6.45) is -9.85. The highest BCUT2D eigenvalue weighted by Crippen LogP contribution is 2.51. The molecule has 0 saturated carbocycles. The standard InChI is InChI=1S/C27H32F6N6O3/c1-4-5-18-14-21(35-16-20(18)25(42,26(28,29)30)27(31,32)33)38-11-8-37(9-12-38)10-13-39-22(40)24(3,36-23(39)41)19-7-6-17(2)34-15-19/h6-7,14-16,42H,4-5,8-13H2,1-3H3,(H,36,41). The number of aryl methyl sites for hydroxylation is 2. The van der Waals surface area contributed by atoms with Gasteiger partial charge in [-0.3, -0.25) is 19.6 Å². The number of nitrogens with one attached hydrogen (secondary N) is 1. The average Bonchev–Trinajstić information content (AvgIpc) is 3.14. The van der Waals surface area contributed by atoms with E-state index < -0.39 is 41.0 Å². The Morgan fingerprint density at radius 2 is 1.62 bits per heavy atom. The van der Waals surface area contributed by atoms with Crippen molar-refractivity contribution in [2.24, 2.45) is 0 Å². The molecule has 2 saturated heterocycles. The lowest BCUT2D eigenvalue weighted by atomic mass is 9.88. The van der Waals surface area contributed by atoms with Crippen molar-refractivity contribution >= 4 is 17.8 Å². The van der Waals surface area contributed by atoms with Crippen LogP contribution in [-0.2, 0) is 22.4 Å². The molecule has 42 heavy (non-hydrogen) atoms. The Morgan fingerprint density at radius 3 is 2.17 bits per heavy atom. The first-order valence-corrected chi connectivity index (χ1v) is 13.4. The Bertz CT molecular complexity index is 1300. The van der Waals surface area contributed by atoms with Crippen LogP contribution in [0.15, 0.2) is 30.6 Å². The fraction of sp³-hybridized carbons (Fsp3) is 0.556. The van der Waals surface area contributed by atoms with Gasteiger partial charge in [0.25, 0.3) is 11.5 Å². The first-order valence-electron chi connectivity index (χ1n) is 13.4. The van der Waals surface area contributed by atoms with Crippen molar-refractivity contribution in [2.45, 2.75) is 57.1 Å². The van der Waals surface area contributed by atoms with Gasteiger partial charge in [0.1, 0.15) is 11.4 Å². The molecule has 2 aromatic heterocycles. The maximum atomic E-state index is 13.5. The number of imide groups is 1. The molecule has 0 aromatic carbocycles. The molecule has 1 atom stereocenters. The predicted molar refractivity (Wildman–Crippen MR) is 139 cm³/mol. The summed E-state index contributed by atoms with van der Waals surface area (Å²) in [7, 11) is 0. The number of hydrogen-bond donors (Lipinski definition) is 2. The lowest BCUT2D eigenvalue weighted by Crippen LogP contribution is -2.54. The van der Waals surface area contributed by atoms with Crippen LogP contribution in [0, 0.1) is 6.92 Å². The van der Waals surface area contributed by atoms with Gasteiger partial charge in [-0.25, -0.2) is 9.78 Å². The van der Waals surface area contributed by atoms with E-state index in [1.165, 1.54) is 6.07 Å². The van der Waals surface area contributed by atoms with E-state index in [4.69, 9.17) is 0 Å². The highest BCUT2D eigenvalue weighted by molar-refractivity contribution is 6.07. The number of piperazine rings is 1. The number of carbonyl (C=O) groups excluding carboxylic acids is 2. The number of halogens is 6. The summed E-state index contributed by atoms with van der Waals surface area (Å²) in [5.41, 5.74) is -6.56. The minimum absolute atomic E-state index is 0.122. The van der Waals surface area contributed by atoms with E-state index in [1.807, 2.05) is 11.8 Å². The van der Waals surface area contributed by atoms with E-state index in [1.54, 1.807) is 37.1 Å². The zero-order valence-electron chi connectivity index (χ0n) is 23.3. The van der Waals surface area contributed by atoms with E-state index in [2.05, 4.69) is 15.3 Å². The van der Waals surface area contributed by atoms with Crippen LogP contribution in [0.2, 0.25) is 0 Å². The summed E-state index contributed by atoms with van der Waals surface area (Å²) in [5, 5.41) is 12.7. The summed E-state index contributed by atoms with van der Waals surface area (Å²) in [4.78, 5) is 38.8. The average molecular weight is 603 g/mol. The molecule has 2 aliphatic heterocycles. The van der Waals surface area contributed by atoms with Crippen LogP contribution in [-0.4, -0.2) is 88.4 Å². The minimum atomic E-state index is -6.00. The Labute approximate surface area is 238 Å². The summed E-state index contributed by atoms with van der Waals surface area (Å²) >= 11 is 0. The predicted octanol–water partition coefficient (Wildman–Crippen LogP) is 3.64. The van der Waals surface area contributed by atoms with Gasteiger partial charge < -0.3 is 15.3 Å². The molecular formula is C27H32F6N6O3. The highest BCUT2D eigenvalue weighted by Gasteiger charge is 2.72. The normalized spacial score (nSPS) is 20.8. The fourth-order valence-electron chi connectivity index (χ4n) is 5.23. The van der Waals surface area contributed by atoms with Crippen molar-refractivity contribution in [2.75, 3.05) is 44.2 Å². The van der Waals surface area contributed by atoms with Crippen LogP contribution in [0.5, 0.6) is 0 Å². The smallest absolute Gasteiger partial charge is 0.369 e. The summed E-state index contributed by atoms with van der Waals surface area (Å²) in [6, 6.07) is 4.14. The number of aliphatic hydroxyl groups is 1. The third-order valence-electron chi connectivity index (χ3n) is 7.80. The number of amides is 3. The van der Waals surface area contributed by atoms with Gasteiger partial charge in [-0.2, -0.15) is 26.3 Å². The maximum absolute atomic E-state index is 13.5. The van der Waals surface area contributed by atoms with Crippen LogP contribution in [0.25, 0.3) is 0 Å². The summed E-state index contributed by atoms with van der Waals surface area (Å²) in [5.74, 6) is -0.202. The molecule has 3 amide bonds. The second-order valence-corrected chi connectivity index (χ2v) is 10.7. The molecule has 9 nitrogen and oxygen atoms in total. The number of aromatic nitrogens is 2. The Balaban J connectivity index is 1.41. The number of nitrogens with zero attached hydrogens (tertiary/aromatic N) is 5. The van der Waals surface area contributed by atoms with E-state index >= 15 is 0 Å². The first kappa shape index (κ1) is 31.5. The van der Waals surface area contributed by atoms with E-state index in [9.17, 15) is 41.0 Å². The molecule has 4 rings (SSSR count). The van der Waals surface area contributed by atoms with Crippen LogP contribution in [0.3, 0.4) is 0 Å². The molecule has 4 heterocycles. The van der Waals surface area contributed by atoms with E-state index in [0.717, 1.165) is 10.6 Å². The number of carbonyl (C=O) groups is 2. The lowest BCUT2D eigenvalue weighted by Gasteiger charge is -2.37. The third-order valence-corrected chi connectivity index (χ3v) is 7.80. The van der Waals surface area contributed by atoms with Crippen LogP contribution in [0.4, 0.5) is 37.0 Å². The number of rotatable bonds is 8. The van der Waals surface area contributed by atoms with Gasteiger partial charge in [0.2, 0.25) is 0 Å². The first-order chi connectivity index (χ1) is 19.5. The molecule has 2 aliphatic rings. The Hall–Kier alpha value is -3.46. The number of urea groups is 1. The van der Waals surface area contributed by atoms with Crippen LogP contribution in [0.1, 0.15) is 42.7 Å². The molecule has 230 valence electrons. The number of hydrogen-bond acceptors (Lipinski definition) is 7. The van der Waals surface area contributed by atoms with Crippen molar-refractivity contribution in [3.8, 4) is 0 Å². The molecule has 15 heteroatoms. The zero-order chi connectivity index (χ0) is 31.1. The molecule has 0 radical (unpaired) electrons. The van der Waals surface area contributed by atoms with Gasteiger partial charge in [-0.05, 0) is 38.0 Å². The topological polar surface area (TPSA) is 102 Å². The second kappa shape index (κ2) is 11.3. The second-order valence-electron chi connectivity index (χ2n) is 10.7. The van der Waals surface area contributed by atoms with Crippen molar-refractivity contribution in [1.29, 1.82) is 0 Å². The largest absolute Gasteiger partial charge is 0.430 e. The molecule has 1 unspecified atom stereocenters. The minimum Gasteiger partial charge on any atom is -0.369 e. The van der Waals surface area contributed by atoms with E-state index in [0.29, 0.717) is 44.5 Å². The Morgan fingerprint density at radius 1 is 0.976 bits per heavy atom. The van der Waals surface area contributed by atoms with E-state index in [-0.39, 0.29) is 30.8 Å². The third kappa shape index (κ3) is 5.63. The monoisotopic (exact) mass is 602 g/mol. The van der Waals surface area contributed by atoms with Gasteiger partial charge in [0.15, 0.2) is 0 Å². The molecule has 0 aliphatic carbocycles. The molecular weight excluding hydrogens is 570 g/mol. The molecule has 2 fully saturated rings. The lowest BCUT2D eigenvalue weighted by molar-refractivity contribution is -0.376. The SMILES string of the molecule is CCCc1cc(N2CCN(CCN3C(=O)NC(C)(c4ccc(C)nc4)C3=O)CC2)ncc1C(O)(C(F)(F)F)C(F)(F)F. The van der Waals surface area contributed by atoms with Gasteiger partial charge in [0.05, 0.1) is 0 Å². The van der Waals surface area contributed by atoms with Gasteiger partial charge in [-0.1, -0.05) is 19.4 Å². The molecule has 0 bridgehead atoms. The fourth-order valence-corrected chi connectivity index (χ4v) is 5.23. The number of anilines is 1. The number of pyridine rings is 2. The van der Waals surface area contributed by atoms with Gasteiger partial charge >= 0.3 is 18.4 Å². The summed E-state index contributed by atoms with van der Waals surface area (Å²) < 4.78 is 81.1. The quantitative estimate of drug-likeness (QED) is 0.352. The van der Waals surface area contributed by atoms with Crippen molar-refractivity contribution in [3.05, 3.63) is 53.0 Å². The highest BCUT2D eigenvalue weighted by atomic mass is 19.4. The van der Waals surface area contributed by atoms with Crippen molar-refractivity contribution in [1.82, 2.24) is 25.1 Å². The van der Waals surface area contributed by atoms with Gasteiger partial charge in [-0.15, -0.1) is 0 Å². The molecule has 2 aromatic rings. The van der Waals surface area contributed by atoms with Crippen LogP contribution >= 0.6 is 0 Å². The van der Waals surface area contributed by atoms with Crippen LogP contribution < -0.4 is 10.2 Å². The Kier molecular flexibility index (Phi) is 8.48. The zero-order valence-corrected chi connectivity index (χ0v) is 23.3. The van der Waals surface area contributed by atoms with Gasteiger partial charge in [0, 0.05) is 68.5 Å². The van der Waals surface area contributed by atoms with Crippen molar-refractivity contribution < 1.29 is 41.0 Å². The van der Waals surface area contributed by atoms with Crippen molar-refractivity contribution in [3.63, 3.8) is 0 Å². The molecule has 0 spiro atoms. The maximum Gasteiger partial charge on any atom is 0.430 e. The summed E-state index contributed by atoms with van der Waals surface area (Å²) in [6.45, 7) is 7.13. The molecule has 2 N–H and O–H groups in total.